The van der Waals surface area contributed by atoms with Gasteiger partial charge in [-0.3, -0.25) is 0 Å². The maximum absolute atomic E-state index is 13.5. The first-order valence-electron chi connectivity index (χ1n) is 12.0. The first-order valence-corrected chi connectivity index (χ1v) is 13.9. The predicted molar refractivity (Wildman–Crippen MR) is 135 cm³/mol. The normalized spacial score (nSPS) is 17.8. The van der Waals surface area contributed by atoms with Crippen LogP contribution >= 0.6 is 0 Å². The van der Waals surface area contributed by atoms with E-state index in [1.54, 1.807) is 12.1 Å². The Labute approximate surface area is 210 Å². The lowest BCUT2D eigenvalue weighted by Gasteiger charge is -2.31. The molecule has 1 saturated heterocycles. The minimum Gasteiger partial charge on any atom is -0.493 e. The maximum atomic E-state index is 13.5. The molecular formula is C28H29FO6S. The van der Waals surface area contributed by atoms with E-state index in [4.69, 9.17) is 14.2 Å². The van der Waals surface area contributed by atoms with Crippen molar-refractivity contribution in [2.45, 2.75) is 38.4 Å². The summed E-state index contributed by atoms with van der Waals surface area (Å²) in [5, 5.41) is 10.8. The van der Waals surface area contributed by atoms with Gasteiger partial charge in [0.1, 0.15) is 41.9 Å². The van der Waals surface area contributed by atoms with Gasteiger partial charge in [0, 0.05) is 18.1 Å². The number of rotatable bonds is 6. The molecule has 0 aliphatic carbocycles. The molecule has 8 heteroatoms. The summed E-state index contributed by atoms with van der Waals surface area (Å²) in [6, 6.07) is 15.9. The lowest BCUT2D eigenvalue weighted by molar-refractivity contribution is -0.0128. The van der Waals surface area contributed by atoms with Crippen LogP contribution in [0.5, 0.6) is 17.2 Å². The number of aliphatic hydroxyl groups is 1. The number of hydrogen-bond donors (Lipinski definition) is 1. The van der Waals surface area contributed by atoms with Gasteiger partial charge in [0.25, 0.3) is 0 Å². The molecule has 3 aromatic carbocycles. The summed E-state index contributed by atoms with van der Waals surface area (Å²) in [5.41, 5.74) is 3.91. The third-order valence-electron chi connectivity index (χ3n) is 6.80. The van der Waals surface area contributed by atoms with Crippen molar-refractivity contribution in [3.63, 3.8) is 0 Å². The first-order chi connectivity index (χ1) is 17.2. The third-order valence-corrected chi connectivity index (χ3v) is 8.45. The van der Waals surface area contributed by atoms with Crippen molar-refractivity contribution < 1.29 is 32.1 Å². The maximum Gasteiger partial charge on any atom is 0.150 e. The highest BCUT2D eigenvalue weighted by molar-refractivity contribution is 7.91. The standard InChI is InChI=1S/C28H29FO6S/c1-19-13-24(35-18-28(30)8-11-36(31,32)12-9-28)15-21-7-10-33-26-6-5-20(14-25(26)27(19)21)17-34-23-4-2-3-22(29)16-23/h2-6,13-16,30H,7-12,17-18H2,1H3. The van der Waals surface area contributed by atoms with Crippen LogP contribution in [-0.2, 0) is 22.9 Å². The molecule has 36 heavy (non-hydrogen) atoms. The molecule has 0 radical (unpaired) electrons. The van der Waals surface area contributed by atoms with Crippen LogP contribution in [0.15, 0.2) is 54.6 Å². The van der Waals surface area contributed by atoms with E-state index in [-0.39, 0.29) is 36.8 Å². The molecule has 0 bridgehead atoms. The number of hydrogen-bond acceptors (Lipinski definition) is 6. The summed E-state index contributed by atoms with van der Waals surface area (Å²) in [7, 11) is -3.07. The molecule has 190 valence electrons. The van der Waals surface area contributed by atoms with Gasteiger partial charge in [-0.25, -0.2) is 12.8 Å². The Bertz CT molecular complexity index is 1370. The third kappa shape index (κ3) is 5.50. The van der Waals surface area contributed by atoms with Crippen molar-refractivity contribution >= 4 is 9.84 Å². The van der Waals surface area contributed by atoms with E-state index in [1.165, 1.54) is 12.1 Å². The average molecular weight is 513 g/mol. The number of aryl methyl sites for hydroxylation is 1. The molecule has 2 heterocycles. The van der Waals surface area contributed by atoms with E-state index in [1.807, 2.05) is 37.3 Å². The summed E-state index contributed by atoms with van der Waals surface area (Å²) >= 11 is 0. The smallest absolute Gasteiger partial charge is 0.150 e. The second kappa shape index (κ2) is 9.75. The topological polar surface area (TPSA) is 82.1 Å². The molecule has 0 spiro atoms. The van der Waals surface area contributed by atoms with Crippen molar-refractivity contribution in [2.75, 3.05) is 24.7 Å². The molecule has 6 nitrogen and oxygen atoms in total. The highest BCUT2D eigenvalue weighted by atomic mass is 32.2. The molecule has 0 aromatic heterocycles. The first kappa shape index (κ1) is 24.6. The Morgan fingerprint density at radius 2 is 1.83 bits per heavy atom. The van der Waals surface area contributed by atoms with E-state index in [2.05, 4.69) is 0 Å². The van der Waals surface area contributed by atoms with Crippen LogP contribution in [0.25, 0.3) is 11.1 Å². The Hall–Kier alpha value is -3.10. The Balaban J connectivity index is 1.36. The summed E-state index contributed by atoms with van der Waals surface area (Å²) in [6.45, 7) is 2.87. The van der Waals surface area contributed by atoms with Crippen LogP contribution in [0.3, 0.4) is 0 Å². The van der Waals surface area contributed by atoms with Crippen LogP contribution in [-0.4, -0.2) is 43.8 Å². The van der Waals surface area contributed by atoms with E-state index in [0.29, 0.717) is 31.1 Å². The molecule has 5 rings (SSSR count). The molecule has 0 atom stereocenters. The van der Waals surface area contributed by atoms with Gasteiger partial charge in [-0.15, -0.1) is 0 Å². The summed E-state index contributed by atoms with van der Waals surface area (Å²) in [6.07, 6.45) is 1.06. The molecule has 3 aromatic rings. The molecule has 0 amide bonds. The van der Waals surface area contributed by atoms with Crippen LogP contribution in [0.2, 0.25) is 0 Å². The number of sulfone groups is 1. The van der Waals surface area contributed by atoms with Gasteiger partial charge in [0.15, 0.2) is 9.84 Å². The van der Waals surface area contributed by atoms with Gasteiger partial charge in [0.05, 0.1) is 18.1 Å². The molecule has 2 aliphatic heterocycles. The monoisotopic (exact) mass is 512 g/mol. The van der Waals surface area contributed by atoms with Crippen LogP contribution < -0.4 is 14.2 Å². The van der Waals surface area contributed by atoms with Crippen molar-refractivity contribution in [1.29, 1.82) is 0 Å². The summed E-state index contributed by atoms with van der Waals surface area (Å²) in [5.74, 6) is 1.52. The van der Waals surface area contributed by atoms with E-state index >= 15 is 0 Å². The highest BCUT2D eigenvalue weighted by Gasteiger charge is 2.36. The van der Waals surface area contributed by atoms with Gasteiger partial charge in [0.2, 0.25) is 0 Å². The van der Waals surface area contributed by atoms with Gasteiger partial charge < -0.3 is 19.3 Å². The van der Waals surface area contributed by atoms with Crippen LogP contribution in [0.1, 0.15) is 29.5 Å². The van der Waals surface area contributed by atoms with Crippen molar-refractivity contribution in [2.24, 2.45) is 0 Å². The minimum atomic E-state index is -3.07. The fraction of sp³-hybridized carbons (Fsp3) is 0.357. The zero-order chi connectivity index (χ0) is 25.3. The predicted octanol–water partition coefficient (Wildman–Crippen LogP) is 4.63. The van der Waals surface area contributed by atoms with Crippen LogP contribution in [0, 0.1) is 12.7 Å². The average Bonchev–Trinajstić information content (AvgIpc) is 3.03. The fourth-order valence-corrected chi connectivity index (χ4v) is 6.34. The van der Waals surface area contributed by atoms with E-state index < -0.39 is 15.4 Å². The van der Waals surface area contributed by atoms with E-state index in [0.717, 1.165) is 33.6 Å². The van der Waals surface area contributed by atoms with Gasteiger partial charge in [-0.1, -0.05) is 12.1 Å². The Morgan fingerprint density at radius 1 is 1.03 bits per heavy atom. The van der Waals surface area contributed by atoms with Crippen LogP contribution in [0.4, 0.5) is 4.39 Å². The molecule has 2 aliphatic rings. The molecular weight excluding hydrogens is 483 g/mol. The zero-order valence-corrected chi connectivity index (χ0v) is 20.9. The summed E-state index contributed by atoms with van der Waals surface area (Å²) < 4.78 is 54.7. The lowest BCUT2D eigenvalue weighted by atomic mass is 9.92. The highest BCUT2D eigenvalue weighted by Crippen LogP contribution is 2.40. The quantitative estimate of drug-likeness (QED) is 0.519. The van der Waals surface area contributed by atoms with Crippen molar-refractivity contribution in [1.82, 2.24) is 0 Å². The van der Waals surface area contributed by atoms with Crippen molar-refractivity contribution in [3.05, 3.63) is 77.1 Å². The second-order valence-corrected chi connectivity index (χ2v) is 11.9. The van der Waals surface area contributed by atoms with Crippen molar-refractivity contribution in [3.8, 4) is 28.4 Å². The second-order valence-electron chi connectivity index (χ2n) is 9.61. The lowest BCUT2D eigenvalue weighted by Crippen LogP contribution is -2.43. The fourth-order valence-electron chi connectivity index (χ4n) is 4.75. The number of benzene rings is 3. The number of fused-ring (bicyclic) bond motifs is 3. The van der Waals surface area contributed by atoms with Gasteiger partial charge in [-0.2, -0.15) is 0 Å². The number of ether oxygens (including phenoxy) is 3. The molecule has 0 saturated carbocycles. The largest absolute Gasteiger partial charge is 0.493 e. The molecule has 0 unspecified atom stereocenters. The Kier molecular flexibility index (Phi) is 6.66. The molecule has 1 N–H and O–H groups in total. The SMILES string of the molecule is Cc1cc(OCC2(O)CCS(=O)(=O)CC2)cc2c1-c1cc(COc3cccc(F)c3)ccc1OCC2. The Morgan fingerprint density at radius 3 is 2.61 bits per heavy atom. The van der Waals surface area contributed by atoms with Gasteiger partial charge in [-0.05, 0) is 78.4 Å². The van der Waals surface area contributed by atoms with Gasteiger partial charge >= 0.3 is 0 Å². The zero-order valence-electron chi connectivity index (χ0n) is 20.1. The summed E-state index contributed by atoms with van der Waals surface area (Å²) in [4.78, 5) is 0. The molecule has 1 fully saturated rings. The number of halogens is 1. The minimum absolute atomic E-state index is 0.0184. The van der Waals surface area contributed by atoms with E-state index in [9.17, 15) is 17.9 Å².